The number of hydrogen-bond donors (Lipinski definition) is 1. The van der Waals surface area contributed by atoms with E-state index in [1.807, 2.05) is 13.8 Å². The van der Waals surface area contributed by atoms with Crippen molar-refractivity contribution in [1.82, 2.24) is 0 Å². The van der Waals surface area contributed by atoms with Crippen LogP contribution >= 0.6 is 0 Å². The Balaban J connectivity index is 2.78. The van der Waals surface area contributed by atoms with Gasteiger partial charge < -0.3 is 19.9 Å². The molecule has 0 aliphatic rings. The monoisotopic (exact) mass is 267 g/mol. The first-order valence-corrected chi connectivity index (χ1v) is 6.31. The molecule has 0 fully saturated rings. The zero-order valence-electron chi connectivity index (χ0n) is 11.6. The molecule has 5 heteroatoms. The molecule has 1 rings (SSSR count). The molecule has 0 heterocycles. The predicted octanol–water partition coefficient (Wildman–Crippen LogP) is 2.25. The van der Waals surface area contributed by atoms with Crippen molar-refractivity contribution in [3.8, 4) is 5.75 Å². The Hall–Kier alpha value is -1.75. The number of nitrogens with two attached hydrogens (primary N) is 1. The molecule has 0 aliphatic heterocycles. The van der Waals surface area contributed by atoms with Crippen LogP contribution in [0.25, 0.3) is 0 Å². The maximum absolute atomic E-state index is 12.1. The zero-order chi connectivity index (χ0) is 14.3. The van der Waals surface area contributed by atoms with E-state index in [9.17, 15) is 4.79 Å². The summed E-state index contributed by atoms with van der Waals surface area (Å²) in [5.41, 5.74) is 6.59. The average Bonchev–Trinajstić information content (AvgIpc) is 2.38. The highest BCUT2D eigenvalue weighted by Gasteiger charge is 2.18. The highest BCUT2D eigenvalue weighted by atomic mass is 16.5. The molecule has 1 aromatic rings. The molecular formula is C14H21NO4. The van der Waals surface area contributed by atoms with E-state index in [4.69, 9.17) is 19.9 Å². The zero-order valence-corrected chi connectivity index (χ0v) is 11.6. The minimum absolute atomic E-state index is 0.219. The lowest BCUT2D eigenvalue weighted by atomic mass is 10.1. The maximum atomic E-state index is 12.1. The summed E-state index contributed by atoms with van der Waals surface area (Å²) in [4.78, 5) is 12.1. The molecule has 106 valence electrons. The minimum Gasteiger partial charge on any atom is -0.491 e. The lowest BCUT2D eigenvalue weighted by Gasteiger charge is -2.15. The number of methoxy groups -OCH3 is 1. The molecule has 1 aromatic carbocycles. The highest BCUT2D eigenvalue weighted by Crippen LogP contribution is 2.27. The number of nitrogen functional groups attached to an aromatic ring is 1. The van der Waals surface area contributed by atoms with Gasteiger partial charge >= 0.3 is 5.97 Å². The maximum Gasteiger partial charge on any atom is 0.342 e. The molecule has 19 heavy (non-hydrogen) atoms. The third-order valence-electron chi connectivity index (χ3n) is 2.59. The summed E-state index contributed by atoms with van der Waals surface area (Å²) >= 11 is 0. The van der Waals surface area contributed by atoms with Gasteiger partial charge in [-0.15, -0.1) is 0 Å². The number of benzene rings is 1. The van der Waals surface area contributed by atoms with Crippen molar-refractivity contribution in [2.45, 2.75) is 26.4 Å². The van der Waals surface area contributed by atoms with Gasteiger partial charge in [0.25, 0.3) is 0 Å². The Morgan fingerprint density at radius 2 is 2.16 bits per heavy atom. The van der Waals surface area contributed by atoms with Gasteiger partial charge in [-0.1, -0.05) is 6.07 Å². The highest BCUT2D eigenvalue weighted by molar-refractivity contribution is 5.94. The summed E-state index contributed by atoms with van der Waals surface area (Å²) in [7, 11) is 1.61. The smallest absolute Gasteiger partial charge is 0.342 e. The lowest BCUT2D eigenvalue weighted by Crippen LogP contribution is -2.18. The van der Waals surface area contributed by atoms with Crippen LogP contribution in [0.1, 0.15) is 30.6 Å². The molecular weight excluding hydrogens is 246 g/mol. The van der Waals surface area contributed by atoms with Crippen molar-refractivity contribution in [2.24, 2.45) is 0 Å². The topological polar surface area (TPSA) is 70.8 Å². The Morgan fingerprint density at radius 3 is 2.79 bits per heavy atom. The van der Waals surface area contributed by atoms with E-state index in [0.29, 0.717) is 36.6 Å². The number of ether oxygens (including phenoxy) is 3. The van der Waals surface area contributed by atoms with E-state index in [2.05, 4.69) is 0 Å². The van der Waals surface area contributed by atoms with Crippen LogP contribution < -0.4 is 10.5 Å². The molecule has 0 saturated carbocycles. The van der Waals surface area contributed by atoms with Gasteiger partial charge in [0, 0.05) is 20.1 Å². The van der Waals surface area contributed by atoms with Gasteiger partial charge in [0.15, 0.2) is 5.75 Å². The summed E-state index contributed by atoms with van der Waals surface area (Å²) in [5, 5.41) is 0. The predicted molar refractivity (Wildman–Crippen MR) is 73.4 cm³/mol. The van der Waals surface area contributed by atoms with Crippen LogP contribution in [-0.2, 0) is 9.47 Å². The van der Waals surface area contributed by atoms with E-state index in [0.717, 1.165) is 0 Å². The molecule has 0 spiro atoms. The molecule has 1 atom stereocenters. The molecule has 0 bridgehead atoms. The van der Waals surface area contributed by atoms with Crippen LogP contribution in [0, 0.1) is 0 Å². The molecule has 0 saturated heterocycles. The second-order valence-electron chi connectivity index (χ2n) is 4.15. The van der Waals surface area contributed by atoms with Crippen molar-refractivity contribution in [3.63, 3.8) is 0 Å². The van der Waals surface area contributed by atoms with E-state index in [1.54, 1.807) is 25.3 Å². The van der Waals surface area contributed by atoms with Crippen LogP contribution in [0.4, 0.5) is 5.69 Å². The van der Waals surface area contributed by atoms with Crippen LogP contribution in [0.15, 0.2) is 18.2 Å². The average molecular weight is 267 g/mol. The standard InChI is InChI=1S/C14H21NO4/c1-4-18-13-11(6-5-7-12(13)15)14(16)19-10(2)8-9-17-3/h5-7,10H,4,8-9,15H2,1-3H3. The number of esters is 1. The first-order chi connectivity index (χ1) is 9.10. The summed E-state index contributed by atoms with van der Waals surface area (Å²) < 4.78 is 15.7. The van der Waals surface area contributed by atoms with Crippen molar-refractivity contribution >= 4 is 11.7 Å². The third kappa shape index (κ3) is 4.44. The first-order valence-electron chi connectivity index (χ1n) is 6.31. The van der Waals surface area contributed by atoms with Crippen LogP contribution in [-0.4, -0.2) is 32.4 Å². The normalized spacial score (nSPS) is 11.9. The van der Waals surface area contributed by atoms with Gasteiger partial charge in [-0.05, 0) is 26.0 Å². The van der Waals surface area contributed by atoms with Crippen LogP contribution in [0.2, 0.25) is 0 Å². The minimum atomic E-state index is -0.431. The van der Waals surface area contributed by atoms with Crippen molar-refractivity contribution in [3.05, 3.63) is 23.8 Å². The summed E-state index contributed by atoms with van der Waals surface area (Å²) in [6, 6.07) is 5.04. The molecule has 0 aliphatic carbocycles. The number of anilines is 1. The molecule has 1 unspecified atom stereocenters. The van der Waals surface area contributed by atoms with Gasteiger partial charge in [0.1, 0.15) is 11.7 Å². The number of rotatable bonds is 7. The Bertz CT molecular complexity index is 420. The first kappa shape index (κ1) is 15.3. The van der Waals surface area contributed by atoms with Gasteiger partial charge in [0.05, 0.1) is 12.3 Å². The summed E-state index contributed by atoms with van der Waals surface area (Å²) in [6.45, 7) is 4.64. The van der Waals surface area contributed by atoms with Crippen molar-refractivity contribution in [1.29, 1.82) is 0 Å². The quantitative estimate of drug-likeness (QED) is 0.606. The van der Waals surface area contributed by atoms with E-state index in [1.165, 1.54) is 0 Å². The van der Waals surface area contributed by atoms with Crippen LogP contribution in [0.5, 0.6) is 5.75 Å². The van der Waals surface area contributed by atoms with Crippen molar-refractivity contribution in [2.75, 3.05) is 26.1 Å². The lowest BCUT2D eigenvalue weighted by molar-refractivity contribution is 0.0263. The number of carbonyl (C=O) groups is 1. The molecule has 0 radical (unpaired) electrons. The molecule has 0 aromatic heterocycles. The Morgan fingerprint density at radius 1 is 1.42 bits per heavy atom. The van der Waals surface area contributed by atoms with Gasteiger partial charge in [-0.2, -0.15) is 0 Å². The fourth-order valence-corrected chi connectivity index (χ4v) is 1.61. The van der Waals surface area contributed by atoms with E-state index < -0.39 is 5.97 Å². The second-order valence-corrected chi connectivity index (χ2v) is 4.15. The summed E-state index contributed by atoms with van der Waals surface area (Å²) in [5.74, 6) is -0.0479. The number of hydrogen-bond acceptors (Lipinski definition) is 5. The fourth-order valence-electron chi connectivity index (χ4n) is 1.61. The Kier molecular flexibility index (Phi) is 6.15. The van der Waals surface area contributed by atoms with Gasteiger partial charge in [-0.25, -0.2) is 4.79 Å². The molecule has 2 N–H and O–H groups in total. The second kappa shape index (κ2) is 7.63. The fraction of sp³-hybridized carbons (Fsp3) is 0.500. The molecule has 5 nitrogen and oxygen atoms in total. The number of para-hydroxylation sites is 1. The van der Waals surface area contributed by atoms with Crippen LogP contribution in [0.3, 0.4) is 0 Å². The summed E-state index contributed by atoms with van der Waals surface area (Å²) in [6.07, 6.45) is 0.428. The largest absolute Gasteiger partial charge is 0.491 e. The van der Waals surface area contributed by atoms with E-state index >= 15 is 0 Å². The SMILES string of the molecule is CCOc1c(N)cccc1C(=O)OC(C)CCOC. The van der Waals surface area contributed by atoms with E-state index in [-0.39, 0.29) is 6.10 Å². The van der Waals surface area contributed by atoms with Crippen molar-refractivity contribution < 1.29 is 19.0 Å². The third-order valence-corrected chi connectivity index (χ3v) is 2.59. The van der Waals surface area contributed by atoms with Gasteiger partial charge in [-0.3, -0.25) is 0 Å². The Labute approximate surface area is 113 Å². The van der Waals surface area contributed by atoms with Gasteiger partial charge in [0.2, 0.25) is 0 Å². The number of carbonyl (C=O) groups excluding carboxylic acids is 1. The molecule has 0 amide bonds.